The van der Waals surface area contributed by atoms with Crippen molar-refractivity contribution in [3.63, 3.8) is 0 Å². The average molecular weight is 249 g/mol. The standard InChI is InChI=1S/C10H13F2NO2S/c1-3-7(2)13-16(14,15)10-8(11)5-4-6-9(10)12/h4-7,13H,3H2,1-2H3. The SMILES string of the molecule is CCC(C)NS(=O)(=O)c1c(F)cccc1F. The molecule has 0 spiro atoms. The molecule has 1 rings (SSSR count). The lowest BCUT2D eigenvalue weighted by molar-refractivity contribution is 0.506. The molecule has 0 saturated carbocycles. The molecule has 90 valence electrons. The Morgan fingerprint density at radius 3 is 2.25 bits per heavy atom. The molecule has 6 heteroatoms. The van der Waals surface area contributed by atoms with E-state index in [0.29, 0.717) is 6.42 Å². The number of rotatable bonds is 4. The van der Waals surface area contributed by atoms with Gasteiger partial charge in [0.15, 0.2) is 4.90 Å². The van der Waals surface area contributed by atoms with Gasteiger partial charge in [0, 0.05) is 6.04 Å². The lowest BCUT2D eigenvalue weighted by Gasteiger charge is -2.12. The van der Waals surface area contributed by atoms with Gasteiger partial charge in [0.25, 0.3) is 0 Å². The van der Waals surface area contributed by atoms with Crippen LogP contribution in [0.1, 0.15) is 20.3 Å². The van der Waals surface area contributed by atoms with Gasteiger partial charge in [-0.15, -0.1) is 0 Å². The maximum absolute atomic E-state index is 13.2. The van der Waals surface area contributed by atoms with Crippen molar-refractivity contribution in [2.75, 3.05) is 0 Å². The van der Waals surface area contributed by atoms with E-state index in [1.807, 2.05) is 0 Å². The quantitative estimate of drug-likeness (QED) is 0.887. The summed E-state index contributed by atoms with van der Waals surface area (Å²) in [6.45, 7) is 3.39. The normalized spacial score (nSPS) is 13.8. The Labute approximate surface area is 93.5 Å². The van der Waals surface area contributed by atoms with Crippen molar-refractivity contribution in [1.29, 1.82) is 0 Å². The Kier molecular flexibility index (Phi) is 3.98. The number of sulfonamides is 1. The molecular formula is C10H13F2NO2S. The molecule has 1 aromatic carbocycles. The summed E-state index contributed by atoms with van der Waals surface area (Å²) >= 11 is 0. The summed E-state index contributed by atoms with van der Waals surface area (Å²) in [6.07, 6.45) is 0.537. The van der Waals surface area contributed by atoms with Gasteiger partial charge in [-0.2, -0.15) is 0 Å². The second-order valence-electron chi connectivity index (χ2n) is 3.48. The summed E-state index contributed by atoms with van der Waals surface area (Å²) in [5.74, 6) is -2.17. The fraction of sp³-hybridized carbons (Fsp3) is 0.400. The largest absolute Gasteiger partial charge is 0.246 e. The van der Waals surface area contributed by atoms with E-state index >= 15 is 0 Å². The molecule has 0 heterocycles. The van der Waals surface area contributed by atoms with Crippen LogP contribution in [-0.2, 0) is 10.0 Å². The molecule has 1 N–H and O–H groups in total. The summed E-state index contributed by atoms with van der Waals surface area (Å²) in [5.41, 5.74) is 0. The predicted molar refractivity (Wildman–Crippen MR) is 56.4 cm³/mol. The monoisotopic (exact) mass is 249 g/mol. The zero-order chi connectivity index (χ0) is 12.3. The maximum Gasteiger partial charge on any atom is 0.246 e. The lowest BCUT2D eigenvalue weighted by Crippen LogP contribution is -2.33. The molecule has 0 radical (unpaired) electrons. The van der Waals surface area contributed by atoms with Gasteiger partial charge in [-0.3, -0.25) is 0 Å². The fourth-order valence-corrected chi connectivity index (χ4v) is 2.61. The Balaban J connectivity index is 3.17. The third-order valence-electron chi connectivity index (χ3n) is 2.16. The van der Waals surface area contributed by atoms with E-state index in [2.05, 4.69) is 4.72 Å². The number of halogens is 2. The molecule has 0 aliphatic carbocycles. The van der Waals surface area contributed by atoms with Gasteiger partial charge < -0.3 is 0 Å². The second kappa shape index (κ2) is 4.88. The summed E-state index contributed by atoms with van der Waals surface area (Å²) in [6, 6.07) is 2.57. The molecule has 0 saturated heterocycles. The van der Waals surface area contributed by atoms with Gasteiger partial charge in [-0.1, -0.05) is 13.0 Å². The first kappa shape index (κ1) is 13.1. The van der Waals surface area contributed by atoms with Crippen molar-refractivity contribution in [3.05, 3.63) is 29.8 Å². The van der Waals surface area contributed by atoms with Crippen molar-refractivity contribution >= 4 is 10.0 Å². The Morgan fingerprint density at radius 1 is 1.31 bits per heavy atom. The number of nitrogens with one attached hydrogen (secondary N) is 1. The second-order valence-corrected chi connectivity index (χ2v) is 5.13. The highest BCUT2D eigenvalue weighted by Crippen LogP contribution is 2.18. The van der Waals surface area contributed by atoms with Gasteiger partial charge in [0.1, 0.15) is 11.6 Å². The predicted octanol–water partition coefficient (Wildman–Crippen LogP) is 2.04. The maximum atomic E-state index is 13.2. The van der Waals surface area contributed by atoms with E-state index < -0.39 is 26.6 Å². The van der Waals surface area contributed by atoms with E-state index in [0.717, 1.165) is 18.2 Å². The van der Waals surface area contributed by atoms with E-state index in [1.165, 1.54) is 0 Å². The van der Waals surface area contributed by atoms with Crippen molar-refractivity contribution in [2.24, 2.45) is 0 Å². The van der Waals surface area contributed by atoms with E-state index in [-0.39, 0.29) is 6.04 Å². The van der Waals surface area contributed by atoms with Crippen LogP contribution in [0, 0.1) is 11.6 Å². The zero-order valence-corrected chi connectivity index (χ0v) is 9.81. The first-order valence-electron chi connectivity index (χ1n) is 4.84. The molecule has 3 nitrogen and oxygen atoms in total. The van der Waals surface area contributed by atoms with Gasteiger partial charge in [-0.05, 0) is 25.5 Å². The van der Waals surface area contributed by atoms with Crippen molar-refractivity contribution in [2.45, 2.75) is 31.2 Å². The third kappa shape index (κ3) is 2.76. The number of hydrogen-bond donors (Lipinski definition) is 1. The topological polar surface area (TPSA) is 46.2 Å². The van der Waals surface area contributed by atoms with Crippen molar-refractivity contribution in [1.82, 2.24) is 4.72 Å². The Bertz CT molecular complexity index is 453. The van der Waals surface area contributed by atoms with Crippen LogP contribution >= 0.6 is 0 Å². The van der Waals surface area contributed by atoms with Crippen molar-refractivity contribution < 1.29 is 17.2 Å². The van der Waals surface area contributed by atoms with Crippen LogP contribution in [0.2, 0.25) is 0 Å². The van der Waals surface area contributed by atoms with Crippen LogP contribution in [0.25, 0.3) is 0 Å². The number of hydrogen-bond acceptors (Lipinski definition) is 2. The molecule has 16 heavy (non-hydrogen) atoms. The van der Waals surface area contributed by atoms with Crippen LogP contribution in [0.5, 0.6) is 0 Å². The van der Waals surface area contributed by atoms with Crippen LogP contribution in [0.15, 0.2) is 23.1 Å². The lowest BCUT2D eigenvalue weighted by atomic mass is 10.3. The molecular weight excluding hydrogens is 236 g/mol. The summed E-state index contributed by atoms with van der Waals surface area (Å²) in [5, 5.41) is 0. The minimum atomic E-state index is -4.13. The Morgan fingerprint density at radius 2 is 1.81 bits per heavy atom. The van der Waals surface area contributed by atoms with Crippen molar-refractivity contribution in [3.8, 4) is 0 Å². The highest BCUT2D eigenvalue weighted by atomic mass is 32.2. The zero-order valence-electron chi connectivity index (χ0n) is 9.00. The summed E-state index contributed by atoms with van der Waals surface area (Å²) < 4.78 is 52.0. The van der Waals surface area contributed by atoms with E-state index in [1.54, 1.807) is 13.8 Å². The average Bonchev–Trinajstić information content (AvgIpc) is 2.16. The van der Waals surface area contributed by atoms with Gasteiger partial charge in [0.2, 0.25) is 10.0 Å². The smallest absolute Gasteiger partial charge is 0.208 e. The van der Waals surface area contributed by atoms with Crippen LogP contribution < -0.4 is 4.72 Å². The molecule has 0 bridgehead atoms. The van der Waals surface area contributed by atoms with Crippen LogP contribution in [0.3, 0.4) is 0 Å². The molecule has 1 unspecified atom stereocenters. The highest BCUT2D eigenvalue weighted by molar-refractivity contribution is 7.89. The molecule has 0 aliphatic rings. The number of benzene rings is 1. The van der Waals surface area contributed by atoms with Crippen LogP contribution in [0.4, 0.5) is 8.78 Å². The molecule has 1 atom stereocenters. The minimum Gasteiger partial charge on any atom is -0.208 e. The molecule has 0 amide bonds. The molecule has 1 aromatic rings. The van der Waals surface area contributed by atoms with Gasteiger partial charge >= 0.3 is 0 Å². The van der Waals surface area contributed by atoms with Crippen LogP contribution in [-0.4, -0.2) is 14.5 Å². The van der Waals surface area contributed by atoms with E-state index in [4.69, 9.17) is 0 Å². The first-order chi connectivity index (χ1) is 7.38. The van der Waals surface area contributed by atoms with Gasteiger partial charge in [0.05, 0.1) is 0 Å². The van der Waals surface area contributed by atoms with E-state index in [9.17, 15) is 17.2 Å². The van der Waals surface area contributed by atoms with Gasteiger partial charge in [-0.25, -0.2) is 21.9 Å². The molecule has 0 aliphatic heterocycles. The minimum absolute atomic E-state index is 0.371. The molecule has 0 aromatic heterocycles. The molecule has 0 fully saturated rings. The third-order valence-corrected chi connectivity index (χ3v) is 3.80. The fourth-order valence-electron chi connectivity index (χ4n) is 1.15. The summed E-state index contributed by atoms with van der Waals surface area (Å²) in [7, 11) is -4.13. The first-order valence-corrected chi connectivity index (χ1v) is 6.33. The summed E-state index contributed by atoms with van der Waals surface area (Å²) in [4.78, 5) is -0.921. The Hall–Kier alpha value is -1.01. The highest BCUT2D eigenvalue weighted by Gasteiger charge is 2.24.